The van der Waals surface area contributed by atoms with Crippen molar-refractivity contribution in [3.63, 3.8) is 0 Å². The average Bonchev–Trinajstić information content (AvgIpc) is 2.43. The molecular weight excluding hydrogens is 1110 g/mol. The second kappa shape index (κ2) is 24.0. The van der Waals surface area contributed by atoms with E-state index >= 15 is 0 Å². The predicted octanol–water partition coefficient (Wildman–Crippen LogP) is 12.3. The molecule has 0 spiro atoms. The Bertz CT molecular complexity index is 4110. The van der Waals surface area contributed by atoms with E-state index < -0.39 is 18.0 Å². The van der Waals surface area contributed by atoms with Crippen LogP contribution >= 0.6 is 22.7 Å². The van der Waals surface area contributed by atoms with E-state index in [9.17, 15) is 29.4 Å². The summed E-state index contributed by atoms with van der Waals surface area (Å²) >= 11 is 2.69. The molecule has 0 radical (unpaired) electrons. The van der Waals surface area contributed by atoms with Crippen molar-refractivity contribution in [3.8, 4) is 51.3 Å². The van der Waals surface area contributed by atoms with E-state index in [1.807, 2.05) is 91.0 Å². The average molecular weight is 1160 g/mol. The van der Waals surface area contributed by atoms with Crippen molar-refractivity contribution >= 4 is 94.4 Å². The molecule has 6 N–H and O–H groups in total. The summed E-state index contributed by atoms with van der Waals surface area (Å²) in [6.45, 7) is 1.56. The number of aromatic carboxylic acids is 2. The number of pyridine rings is 2. The van der Waals surface area contributed by atoms with Gasteiger partial charge in [0.05, 0.1) is 57.3 Å². The highest BCUT2D eigenvalue weighted by atomic mass is 32.1. The molecular formula is C62H51N9O11S2. The first-order chi connectivity index (χ1) is 41.0. The number of urea groups is 2. The lowest BCUT2D eigenvalue weighted by molar-refractivity contribution is 0.0673. The summed E-state index contributed by atoms with van der Waals surface area (Å²) in [4.78, 5) is 75.2. The monoisotopic (exact) mass is 1160 g/mol. The van der Waals surface area contributed by atoms with Crippen LogP contribution in [0.15, 0.2) is 158 Å². The maximum atomic E-state index is 14.3. The maximum absolute atomic E-state index is 14.3. The normalized spacial score (nSPS) is 13.5. The van der Waals surface area contributed by atoms with Gasteiger partial charge in [-0.3, -0.25) is 20.4 Å². The summed E-state index contributed by atoms with van der Waals surface area (Å²) in [6.07, 6.45) is 1.07. The van der Waals surface area contributed by atoms with Crippen molar-refractivity contribution in [2.24, 2.45) is 0 Å². The highest BCUT2D eigenvalue weighted by molar-refractivity contribution is 7.22. The fourth-order valence-electron chi connectivity index (χ4n) is 9.98. The van der Waals surface area contributed by atoms with Crippen molar-refractivity contribution in [1.29, 1.82) is 0 Å². The first-order valence-electron chi connectivity index (χ1n) is 26.7. The van der Waals surface area contributed by atoms with Gasteiger partial charge in [-0.05, 0) is 115 Å². The number of nitrogens with one attached hydrogen (secondary N) is 2. The summed E-state index contributed by atoms with van der Waals surface area (Å²) < 4.78 is 30.8. The number of nitrogens with zero attached hydrogens (tertiary/aromatic N) is 6. The largest absolute Gasteiger partial charge is 0.493 e. The third-order valence-corrected chi connectivity index (χ3v) is 15.8. The molecule has 422 valence electrons. The summed E-state index contributed by atoms with van der Waals surface area (Å²) in [7, 11) is 0. The van der Waals surface area contributed by atoms with Gasteiger partial charge in [0.25, 0.3) is 0 Å². The molecule has 0 bridgehead atoms. The number of carboxylic acids is 2. The van der Waals surface area contributed by atoms with Crippen LogP contribution in [0.3, 0.4) is 0 Å². The molecule has 20 nitrogen and oxygen atoms in total. The lowest BCUT2D eigenvalue weighted by Gasteiger charge is -2.35. The number of para-hydroxylation sites is 2. The second-order valence-corrected chi connectivity index (χ2v) is 21.4. The Morgan fingerprint density at radius 3 is 1.89 bits per heavy atom. The molecule has 10 aromatic rings. The Kier molecular flexibility index (Phi) is 15.5. The van der Waals surface area contributed by atoms with Gasteiger partial charge < -0.3 is 39.6 Å². The van der Waals surface area contributed by atoms with Crippen molar-refractivity contribution < 1.29 is 53.1 Å². The number of hydrogen-bond donors (Lipinski definition) is 5. The van der Waals surface area contributed by atoms with Gasteiger partial charge in [-0.1, -0.05) is 77.3 Å². The molecule has 2 aliphatic heterocycles. The SMILES string of the molecule is Nc1cccc(OCCOc2ccc(-c3ccc4c(c3)N(C(=O)Nc3nc5ccccc5s3)CCC4c3ccc4nc(NC(=O)N5CCOc6ccc(-c7ccc(OCCCOc8ccccc8)c(C(=O)O)n7)cc65)sc4c3)nc2C(=O)O)c1. The highest BCUT2D eigenvalue weighted by Gasteiger charge is 2.32. The third-order valence-electron chi connectivity index (χ3n) is 13.9. The van der Waals surface area contributed by atoms with Gasteiger partial charge in [0.1, 0.15) is 37.1 Å². The molecule has 84 heavy (non-hydrogen) atoms. The standard InChI is InChI=1S/C62H51N9O11S2/c63-39-8-6-11-41(35-39)79-30-31-82-52-23-20-44(64-56(52)58(74)75)37-14-17-43-42(24-25-70(48(43)32-37)61(76)68-59-66-46-12-4-5-13-53(46)83-59)36-15-18-47-54(34-36)84-60(67-47)69-62(77)71-26-29-81-50-21-16-38(33-49(50)71)45-19-22-51(55(65-45)57(72)73)80-28-7-27-78-40-9-2-1-3-10-40/h1-6,8-23,32-35,42H,7,24-31,63H2,(H,72,73)(H,74,75)(H,66,68,76)(H,67,69,77). The van der Waals surface area contributed by atoms with Crippen molar-refractivity contribution in [1.82, 2.24) is 19.9 Å². The van der Waals surface area contributed by atoms with Crippen LogP contribution in [0.4, 0.5) is 36.9 Å². The second-order valence-electron chi connectivity index (χ2n) is 19.4. The van der Waals surface area contributed by atoms with E-state index in [4.69, 9.17) is 34.4 Å². The van der Waals surface area contributed by atoms with Crippen molar-refractivity contribution in [2.75, 3.05) is 72.3 Å². The van der Waals surface area contributed by atoms with Crippen LogP contribution in [-0.2, 0) is 0 Å². The molecule has 22 heteroatoms. The van der Waals surface area contributed by atoms with Gasteiger partial charge in [0.15, 0.2) is 33.1 Å². The zero-order chi connectivity index (χ0) is 57.7. The number of rotatable bonds is 18. The van der Waals surface area contributed by atoms with Gasteiger partial charge in [0, 0.05) is 47.5 Å². The lowest BCUT2D eigenvalue weighted by atomic mass is 9.83. The molecule has 0 aliphatic carbocycles. The smallest absolute Gasteiger partial charge is 0.358 e. The van der Waals surface area contributed by atoms with E-state index in [1.54, 1.807) is 76.5 Å². The lowest BCUT2D eigenvalue weighted by Crippen LogP contribution is -2.40. The van der Waals surface area contributed by atoms with Crippen LogP contribution in [0.1, 0.15) is 50.9 Å². The van der Waals surface area contributed by atoms with Crippen LogP contribution in [0, 0.1) is 0 Å². The molecule has 0 saturated carbocycles. The first kappa shape index (κ1) is 54.3. The molecule has 0 saturated heterocycles. The van der Waals surface area contributed by atoms with Gasteiger partial charge in [-0.15, -0.1) is 0 Å². The molecule has 6 heterocycles. The molecule has 6 aromatic carbocycles. The number of thiazole rings is 2. The number of carbonyl (C=O) groups excluding carboxylic acids is 2. The minimum atomic E-state index is -1.28. The van der Waals surface area contributed by atoms with Crippen LogP contribution in [-0.4, -0.2) is 100 Å². The number of aromatic nitrogens is 4. The van der Waals surface area contributed by atoms with E-state index in [2.05, 4.69) is 25.6 Å². The van der Waals surface area contributed by atoms with Crippen LogP contribution < -0.4 is 49.9 Å². The minimum Gasteiger partial charge on any atom is -0.493 e. The number of anilines is 5. The highest BCUT2D eigenvalue weighted by Crippen LogP contribution is 2.44. The Morgan fingerprint density at radius 1 is 0.571 bits per heavy atom. The number of nitrogen functional groups attached to an aromatic ring is 1. The molecule has 1 unspecified atom stereocenters. The zero-order valence-corrected chi connectivity index (χ0v) is 46.2. The Labute approximate surface area is 487 Å². The molecule has 1 atom stereocenters. The number of fused-ring (bicyclic) bond motifs is 4. The Morgan fingerprint density at radius 2 is 1.18 bits per heavy atom. The number of amides is 4. The minimum absolute atomic E-state index is 0.0457. The Balaban J connectivity index is 0.768. The van der Waals surface area contributed by atoms with Gasteiger partial charge in [-0.25, -0.2) is 39.1 Å². The molecule has 4 aromatic heterocycles. The molecule has 4 amide bonds. The summed E-state index contributed by atoms with van der Waals surface area (Å²) in [5.41, 5.74) is 12.0. The topological polar surface area (TPSA) is 263 Å². The number of carbonyl (C=O) groups is 4. The number of hydrogen-bond acceptors (Lipinski definition) is 16. The van der Waals surface area contributed by atoms with Crippen LogP contribution in [0.2, 0.25) is 0 Å². The number of carboxylic acid groups (broad SMARTS) is 2. The fourth-order valence-corrected chi connectivity index (χ4v) is 11.7. The van der Waals surface area contributed by atoms with Crippen molar-refractivity contribution in [3.05, 3.63) is 180 Å². The van der Waals surface area contributed by atoms with Crippen LogP contribution in [0.5, 0.6) is 28.7 Å². The molecule has 2 aliphatic rings. The first-order valence-corrected chi connectivity index (χ1v) is 28.4. The van der Waals surface area contributed by atoms with Crippen molar-refractivity contribution in [2.45, 2.75) is 18.8 Å². The van der Waals surface area contributed by atoms with Crippen LogP contribution in [0.25, 0.3) is 42.9 Å². The summed E-state index contributed by atoms with van der Waals surface area (Å²) in [5.74, 6) is -0.770. The van der Waals surface area contributed by atoms with Gasteiger partial charge in [0.2, 0.25) is 0 Å². The summed E-state index contributed by atoms with van der Waals surface area (Å²) in [6, 6.07) is 46.5. The quantitative estimate of drug-likeness (QED) is 0.0395. The predicted molar refractivity (Wildman–Crippen MR) is 321 cm³/mol. The maximum Gasteiger partial charge on any atom is 0.358 e. The van der Waals surface area contributed by atoms with E-state index in [-0.39, 0.29) is 67.8 Å². The van der Waals surface area contributed by atoms with Gasteiger partial charge >= 0.3 is 24.0 Å². The zero-order valence-electron chi connectivity index (χ0n) is 44.6. The fraction of sp³-hybridized carbons (Fsp3) is 0.161. The summed E-state index contributed by atoms with van der Waals surface area (Å²) in [5, 5.41) is 27.2. The van der Waals surface area contributed by atoms with E-state index in [1.165, 1.54) is 22.7 Å². The van der Waals surface area contributed by atoms with E-state index in [0.29, 0.717) is 92.8 Å². The number of nitrogens with two attached hydrogens (primary N) is 1. The molecule has 0 fully saturated rings. The Hall–Kier alpha value is -10.3. The number of ether oxygens (including phenoxy) is 5. The molecule has 12 rings (SSSR count). The third kappa shape index (κ3) is 11.9. The van der Waals surface area contributed by atoms with Gasteiger partial charge in [-0.2, -0.15) is 0 Å². The van der Waals surface area contributed by atoms with E-state index in [0.717, 1.165) is 31.8 Å². The number of benzene rings is 6.